The molecule has 1 aromatic rings. The minimum absolute atomic E-state index is 0.0156. The average molecular weight is 391 g/mol. The average Bonchev–Trinajstić information content (AvgIpc) is 2.96. The van der Waals surface area contributed by atoms with Crippen molar-refractivity contribution >= 4 is 33.5 Å². The van der Waals surface area contributed by atoms with E-state index >= 15 is 0 Å². The molecule has 0 bridgehead atoms. The maximum Gasteiger partial charge on any atom is 0.308 e. The van der Waals surface area contributed by atoms with Crippen LogP contribution in [0.4, 0.5) is 0 Å². The van der Waals surface area contributed by atoms with Crippen LogP contribution in [0.2, 0.25) is 5.02 Å². The maximum absolute atomic E-state index is 13.0. The fraction of sp³-hybridized carbons (Fsp3) is 0.467. The number of aliphatic carboxylic acids is 1. The molecule has 2 atom stereocenters. The van der Waals surface area contributed by atoms with Crippen LogP contribution in [0.15, 0.2) is 17.0 Å². The molecule has 2 N–H and O–H groups in total. The monoisotopic (exact) mass is 390 g/mol. The van der Waals surface area contributed by atoms with Crippen molar-refractivity contribution in [3.05, 3.63) is 22.7 Å². The number of amides is 1. The summed E-state index contributed by atoms with van der Waals surface area (Å²) >= 11 is 5.99. The van der Waals surface area contributed by atoms with E-state index in [1.54, 1.807) is 6.92 Å². The molecule has 2 rings (SSSR count). The van der Waals surface area contributed by atoms with E-state index in [2.05, 4.69) is 5.32 Å². The normalized spacial score (nSPS) is 21.1. The first-order chi connectivity index (χ1) is 11.6. The summed E-state index contributed by atoms with van der Waals surface area (Å²) in [4.78, 5) is 23.0. The van der Waals surface area contributed by atoms with Gasteiger partial charge in [-0.25, -0.2) is 8.42 Å². The number of methoxy groups -OCH3 is 1. The molecule has 1 fully saturated rings. The predicted molar refractivity (Wildman–Crippen MR) is 90.4 cm³/mol. The number of hydrogen-bond acceptors (Lipinski definition) is 5. The van der Waals surface area contributed by atoms with E-state index in [0.29, 0.717) is 0 Å². The Morgan fingerprint density at radius 3 is 2.48 bits per heavy atom. The number of carbonyl (C=O) groups excluding carboxylic acids is 1. The van der Waals surface area contributed by atoms with Crippen LogP contribution < -0.4 is 10.1 Å². The van der Waals surface area contributed by atoms with Crippen LogP contribution in [0.3, 0.4) is 0 Å². The minimum atomic E-state index is -4.09. The first-order valence-electron chi connectivity index (χ1n) is 7.46. The van der Waals surface area contributed by atoms with Crippen LogP contribution >= 0.6 is 11.6 Å². The Bertz CT molecular complexity index is 810. The molecule has 1 aromatic carbocycles. The number of carbonyl (C=O) groups is 2. The van der Waals surface area contributed by atoms with Gasteiger partial charge in [-0.3, -0.25) is 9.59 Å². The summed E-state index contributed by atoms with van der Waals surface area (Å²) in [5.74, 6) is -2.85. The molecule has 0 spiro atoms. The lowest BCUT2D eigenvalue weighted by molar-refractivity contribution is -0.142. The minimum Gasteiger partial charge on any atom is -0.494 e. The molecule has 1 saturated heterocycles. The molecule has 0 saturated carbocycles. The van der Waals surface area contributed by atoms with Crippen LogP contribution in [-0.4, -0.2) is 57.0 Å². The summed E-state index contributed by atoms with van der Waals surface area (Å²) in [5.41, 5.74) is -0.0156. The summed E-state index contributed by atoms with van der Waals surface area (Å²) in [6.45, 7) is 1.59. The van der Waals surface area contributed by atoms with Crippen LogP contribution in [0, 0.1) is 11.8 Å². The summed E-state index contributed by atoms with van der Waals surface area (Å²) in [6.07, 6.45) is 0. The van der Waals surface area contributed by atoms with Crippen molar-refractivity contribution in [2.75, 3.05) is 27.2 Å². The third kappa shape index (κ3) is 3.58. The Morgan fingerprint density at radius 2 is 2.00 bits per heavy atom. The highest BCUT2D eigenvalue weighted by Crippen LogP contribution is 2.36. The Kier molecular flexibility index (Phi) is 5.60. The summed E-state index contributed by atoms with van der Waals surface area (Å²) in [5, 5.41) is 11.7. The second kappa shape index (κ2) is 7.19. The number of nitrogens with zero attached hydrogens (tertiary/aromatic N) is 1. The van der Waals surface area contributed by atoms with Crippen molar-refractivity contribution < 1.29 is 27.9 Å². The van der Waals surface area contributed by atoms with Gasteiger partial charge in [-0.1, -0.05) is 18.5 Å². The van der Waals surface area contributed by atoms with E-state index in [-0.39, 0.29) is 40.2 Å². The molecule has 1 aliphatic heterocycles. The van der Waals surface area contributed by atoms with Gasteiger partial charge in [-0.05, 0) is 18.1 Å². The van der Waals surface area contributed by atoms with Crippen molar-refractivity contribution in [2.45, 2.75) is 11.8 Å². The molecule has 25 heavy (non-hydrogen) atoms. The third-order valence-corrected chi connectivity index (χ3v) is 6.26. The third-order valence-electron chi connectivity index (χ3n) is 4.21. The summed E-state index contributed by atoms with van der Waals surface area (Å²) in [7, 11) is -1.44. The summed E-state index contributed by atoms with van der Waals surface area (Å²) in [6, 6.07) is 2.51. The molecule has 0 aliphatic carbocycles. The zero-order valence-electron chi connectivity index (χ0n) is 13.9. The molecule has 1 heterocycles. The smallest absolute Gasteiger partial charge is 0.308 e. The van der Waals surface area contributed by atoms with E-state index < -0.39 is 27.8 Å². The van der Waals surface area contributed by atoms with Gasteiger partial charge in [0.15, 0.2) is 5.75 Å². The number of sulfonamides is 1. The fourth-order valence-corrected chi connectivity index (χ4v) is 4.91. The number of nitrogens with one attached hydrogen (secondary N) is 1. The number of rotatable bonds is 5. The Balaban J connectivity index is 2.55. The van der Waals surface area contributed by atoms with Gasteiger partial charge in [0.05, 0.1) is 18.6 Å². The van der Waals surface area contributed by atoms with Crippen molar-refractivity contribution in [1.29, 1.82) is 0 Å². The maximum atomic E-state index is 13.0. The fourth-order valence-electron chi connectivity index (χ4n) is 2.85. The standard InChI is InChI=1S/C15H19ClN2O6S/c1-8-6-18(7-11(8)15(20)21)25(22,23)12-5-9(16)4-10(13(12)24-3)14(19)17-2/h4-5,8,11H,6-7H2,1-3H3,(H,17,19)(H,20,21)/t8-,11-/m1/s1. The summed E-state index contributed by atoms with van der Waals surface area (Å²) < 4.78 is 32.3. The molecule has 8 nitrogen and oxygen atoms in total. The van der Waals surface area contributed by atoms with Crippen LogP contribution in [0.5, 0.6) is 5.75 Å². The highest BCUT2D eigenvalue weighted by molar-refractivity contribution is 7.89. The molecule has 1 amide bonds. The van der Waals surface area contributed by atoms with Gasteiger partial charge < -0.3 is 15.2 Å². The number of benzene rings is 1. The predicted octanol–water partition coefficient (Wildman–Crippen LogP) is 1.05. The molecule has 0 aromatic heterocycles. The first kappa shape index (κ1) is 19.5. The van der Waals surface area contributed by atoms with Gasteiger partial charge in [-0.2, -0.15) is 4.31 Å². The van der Waals surface area contributed by atoms with E-state index in [1.165, 1.54) is 26.3 Å². The molecule has 1 aliphatic rings. The van der Waals surface area contributed by atoms with Gasteiger partial charge in [0.1, 0.15) is 4.90 Å². The lowest BCUT2D eigenvalue weighted by Gasteiger charge is -2.20. The number of carboxylic acids is 1. The van der Waals surface area contributed by atoms with E-state index in [9.17, 15) is 23.1 Å². The van der Waals surface area contributed by atoms with Gasteiger partial charge in [0.2, 0.25) is 10.0 Å². The second-order valence-corrected chi connectivity index (χ2v) is 8.15. The molecule has 0 unspecified atom stereocenters. The number of hydrogen-bond donors (Lipinski definition) is 2. The number of halogens is 1. The van der Waals surface area contributed by atoms with E-state index in [4.69, 9.17) is 16.3 Å². The van der Waals surface area contributed by atoms with Crippen LogP contribution in [-0.2, 0) is 14.8 Å². The lowest BCUT2D eigenvalue weighted by atomic mass is 9.99. The SMILES string of the molecule is CNC(=O)c1cc(Cl)cc(S(=O)(=O)N2C[C@@H](C)[C@H](C(=O)O)C2)c1OC. The van der Waals surface area contributed by atoms with Crippen molar-refractivity contribution in [3.63, 3.8) is 0 Å². The topological polar surface area (TPSA) is 113 Å². The molecular weight excluding hydrogens is 372 g/mol. The Morgan fingerprint density at radius 1 is 1.36 bits per heavy atom. The van der Waals surface area contributed by atoms with Gasteiger partial charge in [-0.15, -0.1) is 0 Å². The largest absolute Gasteiger partial charge is 0.494 e. The zero-order valence-corrected chi connectivity index (χ0v) is 15.5. The number of carboxylic acid groups (broad SMARTS) is 1. The van der Waals surface area contributed by atoms with Gasteiger partial charge in [0, 0.05) is 25.2 Å². The molecule has 10 heteroatoms. The highest BCUT2D eigenvalue weighted by Gasteiger charge is 2.42. The lowest BCUT2D eigenvalue weighted by Crippen LogP contribution is -2.31. The molecule has 0 radical (unpaired) electrons. The number of ether oxygens (including phenoxy) is 1. The molecular formula is C15H19ClN2O6S. The second-order valence-electron chi connectivity index (χ2n) is 5.81. The van der Waals surface area contributed by atoms with Crippen molar-refractivity contribution in [1.82, 2.24) is 9.62 Å². The van der Waals surface area contributed by atoms with Gasteiger partial charge in [0.25, 0.3) is 5.91 Å². The zero-order chi connectivity index (χ0) is 18.9. The van der Waals surface area contributed by atoms with Gasteiger partial charge >= 0.3 is 5.97 Å². The van der Waals surface area contributed by atoms with E-state index in [1.807, 2.05) is 0 Å². The molecule has 138 valence electrons. The van der Waals surface area contributed by atoms with Crippen LogP contribution in [0.25, 0.3) is 0 Å². The van der Waals surface area contributed by atoms with Crippen molar-refractivity contribution in [2.24, 2.45) is 11.8 Å². The Labute approximate surface area is 150 Å². The van der Waals surface area contributed by atoms with Crippen LogP contribution in [0.1, 0.15) is 17.3 Å². The first-order valence-corrected chi connectivity index (χ1v) is 9.27. The van der Waals surface area contributed by atoms with E-state index in [0.717, 1.165) is 4.31 Å². The highest BCUT2D eigenvalue weighted by atomic mass is 35.5. The van der Waals surface area contributed by atoms with Crippen molar-refractivity contribution in [3.8, 4) is 5.75 Å². The Hall–Kier alpha value is -1.84. The quantitative estimate of drug-likeness (QED) is 0.776.